The van der Waals surface area contributed by atoms with E-state index in [1.54, 1.807) is 0 Å². The Morgan fingerprint density at radius 2 is 2.32 bits per heavy atom. The highest BCUT2D eigenvalue weighted by Gasteiger charge is 2.61. The van der Waals surface area contributed by atoms with E-state index in [1.165, 1.54) is 0 Å². The second-order valence-electron chi connectivity index (χ2n) is 4.95. The summed E-state index contributed by atoms with van der Waals surface area (Å²) in [4.78, 5) is 5.55. The Kier molecular flexibility index (Phi) is 2.34. The van der Waals surface area contributed by atoms with Gasteiger partial charge in [-0.2, -0.15) is 0 Å². The average molecular weight is 261 g/mol. The molecule has 1 aromatic carbocycles. The van der Waals surface area contributed by atoms with Crippen LogP contribution in [0.4, 0.5) is 0 Å². The van der Waals surface area contributed by atoms with Crippen molar-refractivity contribution in [3.63, 3.8) is 0 Å². The lowest BCUT2D eigenvalue weighted by atomic mass is 9.86. The van der Waals surface area contributed by atoms with E-state index in [4.69, 9.17) is 19.0 Å². The Balaban J connectivity index is 1.73. The van der Waals surface area contributed by atoms with Crippen LogP contribution in [0.15, 0.2) is 29.4 Å². The van der Waals surface area contributed by atoms with E-state index in [-0.39, 0.29) is 12.4 Å². The molecule has 100 valence electrons. The molecule has 3 aliphatic heterocycles. The maximum absolute atomic E-state index is 6.07. The van der Waals surface area contributed by atoms with E-state index in [0.29, 0.717) is 19.6 Å². The van der Waals surface area contributed by atoms with Gasteiger partial charge in [0.2, 0.25) is 0 Å². The smallest absolute Gasteiger partial charge is 0.190 e. The number of oxime groups is 1. The first-order chi connectivity index (χ1) is 9.33. The number of para-hydroxylation sites is 1. The van der Waals surface area contributed by atoms with Crippen LogP contribution in [0, 0.1) is 0 Å². The summed E-state index contributed by atoms with van der Waals surface area (Å²) in [7, 11) is 0. The van der Waals surface area contributed by atoms with E-state index in [2.05, 4.69) is 5.16 Å². The lowest BCUT2D eigenvalue weighted by Crippen LogP contribution is -2.52. The molecule has 0 aliphatic carbocycles. The van der Waals surface area contributed by atoms with Gasteiger partial charge in [0.25, 0.3) is 0 Å². The highest BCUT2D eigenvalue weighted by Crippen LogP contribution is 2.45. The molecule has 0 amide bonds. The number of fused-ring (bicyclic) bond motifs is 2. The van der Waals surface area contributed by atoms with Crippen LogP contribution in [0.25, 0.3) is 0 Å². The van der Waals surface area contributed by atoms with Crippen LogP contribution < -0.4 is 4.74 Å². The molecule has 0 N–H and O–H groups in total. The predicted molar refractivity (Wildman–Crippen MR) is 67.2 cm³/mol. The monoisotopic (exact) mass is 261 g/mol. The molecule has 1 aromatic rings. The van der Waals surface area contributed by atoms with Crippen molar-refractivity contribution in [3.8, 4) is 5.75 Å². The first-order valence-corrected chi connectivity index (χ1v) is 6.59. The standard InChI is InChI=1S/C14H15NO4/c1-2-16-12-7-11-14(18-12)8-17-10-6-4-3-5-9(10)13(14)15-19-11/h3-6,11-12H,2,7-8H2,1H3/t11-,12+,14-/m0/s1. The van der Waals surface area contributed by atoms with Crippen LogP contribution in [0.3, 0.4) is 0 Å². The van der Waals surface area contributed by atoms with Gasteiger partial charge in [-0.1, -0.05) is 17.3 Å². The molecule has 4 rings (SSSR count). The molecule has 5 heteroatoms. The van der Waals surface area contributed by atoms with E-state index in [9.17, 15) is 0 Å². The van der Waals surface area contributed by atoms with Gasteiger partial charge in [0.15, 0.2) is 18.0 Å². The lowest BCUT2D eigenvalue weighted by molar-refractivity contribution is -0.157. The van der Waals surface area contributed by atoms with E-state index in [0.717, 1.165) is 17.0 Å². The van der Waals surface area contributed by atoms with Crippen LogP contribution in [-0.4, -0.2) is 36.9 Å². The Labute approximate surface area is 111 Å². The van der Waals surface area contributed by atoms with Gasteiger partial charge in [0.05, 0.1) is 0 Å². The molecule has 1 spiro atoms. The zero-order valence-electron chi connectivity index (χ0n) is 10.7. The second-order valence-corrected chi connectivity index (χ2v) is 4.95. The van der Waals surface area contributed by atoms with E-state index < -0.39 is 5.60 Å². The molecule has 3 aliphatic rings. The van der Waals surface area contributed by atoms with Crippen molar-refractivity contribution >= 4 is 5.71 Å². The van der Waals surface area contributed by atoms with Gasteiger partial charge in [-0.15, -0.1) is 0 Å². The molecule has 1 fully saturated rings. The molecule has 0 unspecified atom stereocenters. The number of ether oxygens (including phenoxy) is 3. The molecule has 3 atom stereocenters. The van der Waals surface area contributed by atoms with Gasteiger partial charge < -0.3 is 19.0 Å². The average Bonchev–Trinajstić information content (AvgIpc) is 2.93. The van der Waals surface area contributed by atoms with Crippen molar-refractivity contribution in [2.45, 2.75) is 31.3 Å². The summed E-state index contributed by atoms with van der Waals surface area (Å²) in [5.41, 5.74) is 1.18. The van der Waals surface area contributed by atoms with E-state index >= 15 is 0 Å². The summed E-state index contributed by atoms with van der Waals surface area (Å²) in [6.45, 7) is 3.01. The Morgan fingerprint density at radius 3 is 3.21 bits per heavy atom. The van der Waals surface area contributed by atoms with Crippen molar-refractivity contribution in [2.24, 2.45) is 5.16 Å². The van der Waals surface area contributed by atoms with Crippen LogP contribution in [0.1, 0.15) is 18.9 Å². The Hall–Kier alpha value is -1.59. The fourth-order valence-electron chi connectivity index (χ4n) is 2.99. The minimum absolute atomic E-state index is 0.118. The zero-order chi connectivity index (χ0) is 12.9. The second kappa shape index (κ2) is 3.95. The van der Waals surface area contributed by atoms with Crippen molar-refractivity contribution in [3.05, 3.63) is 29.8 Å². The summed E-state index contributed by atoms with van der Waals surface area (Å²) in [5.74, 6) is 0.833. The number of hydrogen-bond acceptors (Lipinski definition) is 5. The third-order valence-corrected chi connectivity index (χ3v) is 3.88. The van der Waals surface area contributed by atoms with Crippen molar-refractivity contribution < 1.29 is 19.0 Å². The number of rotatable bonds is 2. The van der Waals surface area contributed by atoms with Crippen molar-refractivity contribution in [2.75, 3.05) is 13.2 Å². The molecule has 0 saturated carbocycles. The summed E-state index contributed by atoms with van der Waals surface area (Å²) in [5, 5.41) is 4.22. The van der Waals surface area contributed by atoms with Gasteiger partial charge in [-0.25, -0.2) is 0 Å². The molecular weight excluding hydrogens is 246 g/mol. The minimum Gasteiger partial charge on any atom is -0.489 e. The summed E-state index contributed by atoms with van der Waals surface area (Å²) >= 11 is 0. The lowest BCUT2D eigenvalue weighted by Gasteiger charge is -2.32. The number of nitrogens with zero attached hydrogens (tertiary/aromatic N) is 1. The molecule has 0 aromatic heterocycles. The normalized spacial score (nSPS) is 34.7. The van der Waals surface area contributed by atoms with Crippen LogP contribution in [-0.2, 0) is 14.3 Å². The summed E-state index contributed by atoms with van der Waals surface area (Å²) in [6, 6.07) is 7.83. The first kappa shape index (κ1) is 11.3. The van der Waals surface area contributed by atoms with Crippen LogP contribution >= 0.6 is 0 Å². The maximum atomic E-state index is 6.07. The SMILES string of the molecule is CCO[C@H]1C[C@@H]2ON=C3c4ccccc4OC[C@@]32O1. The molecular formula is C14H15NO4. The minimum atomic E-state index is -0.603. The van der Waals surface area contributed by atoms with Gasteiger partial charge in [0, 0.05) is 18.6 Å². The Bertz CT molecular complexity index is 544. The van der Waals surface area contributed by atoms with Crippen LogP contribution in [0.5, 0.6) is 5.75 Å². The fourth-order valence-corrected chi connectivity index (χ4v) is 2.99. The maximum Gasteiger partial charge on any atom is 0.190 e. The zero-order valence-corrected chi connectivity index (χ0v) is 10.7. The van der Waals surface area contributed by atoms with Crippen LogP contribution in [0.2, 0.25) is 0 Å². The van der Waals surface area contributed by atoms with Crippen molar-refractivity contribution in [1.82, 2.24) is 0 Å². The summed E-state index contributed by atoms with van der Waals surface area (Å²) in [6.07, 6.45) is 0.327. The largest absolute Gasteiger partial charge is 0.489 e. The molecule has 5 nitrogen and oxygen atoms in total. The summed E-state index contributed by atoms with van der Waals surface area (Å²) < 4.78 is 17.5. The highest BCUT2D eigenvalue weighted by molar-refractivity contribution is 6.10. The first-order valence-electron chi connectivity index (χ1n) is 6.59. The number of benzene rings is 1. The third kappa shape index (κ3) is 1.45. The quantitative estimate of drug-likeness (QED) is 0.813. The molecule has 0 radical (unpaired) electrons. The highest BCUT2D eigenvalue weighted by atomic mass is 16.7. The molecule has 19 heavy (non-hydrogen) atoms. The Morgan fingerprint density at radius 1 is 1.42 bits per heavy atom. The van der Waals surface area contributed by atoms with Crippen molar-refractivity contribution in [1.29, 1.82) is 0 Å². The fraction of sp³-hybridized carbons (Fsp3) is 0.500. The predicted octanol–water partition coefficient (Wildman–Crippen LogP) is 1.70. The topological polar surface area (TPSA) is 49.3 Å². The van der Waals surface area contributed by atoms with Gasteiger partial charge in [-0.3, -0.25) is 0 Å². The number of hydrogen-bond donors (Lipinski definition) is 0. The molecule has 1 saturated heterocycles. The third-order valence-electron chi connectivity index (χ3n) is 3.88. The van der Waals surface area contributed by atoms with Gasteiger partial charge in [0.1, 0.15) is 18.1 Å². The molecule has 3 heterocycles. The van der Waals surface area contributed by atoms with Gasteiger partial charge >= 0.3 is 0 Å². The van der Waals surface area contributed by atoms with E-state index in [1.807, 2.05) is 31.2 Å². The van der Waals surface area contributed by atoms with Gasteiger partial charge in [-0.05, 0) is 19.1 Å². The molecule has 0 bridgehead atoms.